The largest absolute Gasteiger partial charge is 0.486 e. The molecule has 0 aliphatic heterocycles. The molecule has 21 heavy (non-hydrogen) atoms. The maximum Gasteiger partial charge on any atom is 0.323 e. The number of esters is 1. The number of para-hydroxylation sites is 1. The van der Waals surface area contributed by atoms with Crippen LogP contribution < -0.4 is 10.5 Å². The summed E-state index contributed by atoms with van der Waals surface area (Å²) in [6.07, 6.45) is 1.42. The molecule has 0 saturated carbocycles. The predicted octanol–water partition coefficient (Wildman–Crippen LogP) is 3.15. The molecular weight excluding hydrogens is 266 g/mol. The average Bonchev–Trinajstić information content (AvgIpc) is 2.48. The third-order valence-electron chi connectivity index (χ3n) is 3.67. The number of carbonyl (C=O) groups is 1. The third-order valence-corrected chi connectivity index (χ3v) is 3.67. The molecule has 0 heterocycles. The predicted molar refractivity (Wildman–Crippen MR) is 84.1 cm³/mol. The lowest BCUT2D eigenvalue weighted by Crippen LogP contribution is -2.42. The first-order valence-electron chi connectivity index (χ1n) is 7.67. The maximum atomic E-state index is 11.7. The maximum absolute atomic E-state index is 11.7. The molecule has 4 nitrogen and oxygen atoms in total. The molecule has 1 aromatic carbocycles. The van der Waals surface area contributed by atoms with Crippen molar-refractivity contribution in [1.29, 1.82) is 0 Å². The molecule has 0 spiro atoms. The fourth-order valence-electron chi connectivity index (χ4n) is 2.34. The molecule has 0 aliphatic rings. The molecule has 0 bridgehead atoms. The zero-order valence-corrected chi connectivity index (χ0v) is 13.4. The molecule has 1 rings (SSSR count). The molecule has 118 valence electrons. The van der Waals surface area contributed by atoms with Crippen LogP contribution in [-0.2, 0) is 9.53 Å². The molecule has 0 fully saturated rings. The topological polar surface area (TPSA) is 61.5 Å². The van der Waals surface area contributed by atoms with Crippen molar-refractivity contribution in [2.45, 2.75) is 58.8 Å². The van der Waals surface area contributed by atoms with Crippen LogP contribution in [0.1, 0.15) is 40.5 Å². The van der Waals surface area contributed by atoms with E-state index in [0.29, 0.717) is 5.92 Å². The van der Waals surface area contributed by atoms with Gasteiger partial charge in [0.1, 0.15) is 24.0 Å². The van der Waals surface area contributed by atoms with Crippen molar-refractivity contribution in [2.75, 3.05) is 0 Å². The molecule has 0 saturated heterocycles. The van der Waals surface area contributed by atoms with Crippen molar-refractivity contribution in [1.82, 2.24) is 0 Å². The quantitative estimate of drug-likeness (QED) is 0.748. The fourth-order valence-corrected chi connectivity index (χ4v) is 2.34. The Bertz CT molecular complexity index is 415. The minimum absolute atomic E-state index is 0.176. The SMILES string of the molecule is CCC(CC)[C@@H](Oc1ccccc1)[C@H](C)OC(=O)[C@H](C)N. The summed E-state index contributed by atoms with van der Waals surface area (Å²) in [4.78, 5) is 11.7. The van der Waals surface area contributed by atoms with E-state index in [4.69, 9.17) is 15.2 Å². The number of hydrogen-bond donors (Lipinski definition) is 1. The van der Waals surface area contributed by atoms with Gasteiger partial charge in [-0.05, 0) is 44.7 Å². The molecule has 0 aliphatic carbocycles. The lowest BCUT2D eigenvalue weighted by molar-refractivity contribution is -0.155. The summed E-state index contributed by atoms with van der Waals surface area (Å²) in [5, 5.41) is 0. The van der Waals surface area contributed by atoms with Crippen molar-refractivity contribution in [2.24, 2.45) is 11.7 Å². The van der Waals surface area contributed by atoms with Crippen molar-refractivity contribution in [3.05, 3.63) is 30.3 Å². The third kappa shape index (κ3) is 5.38. The molecule has 0 unspecified atom stereocenters. The van der Waals surface area contributed by atoms with Crippen LogP contribution >= 0.6 is 0 Å². The second kappa shape index (κ2) is 8.67. The highest BCUT2D eigenvalue weighted by atomic mass is 16.6. The molecule has 3 atom stereocenters. The Hall–Kier alpha value is -1.55. The van der Waals surface area contributed by atoms with E-state index in [9.17, 15) is 4.79 Å². The highest BCUT2D eigenvalue weighted by molar-refractivity contribution is 5.75. The van der Waals surface area contributed by atoms with E-state index in [1.165, 1.54) is 0 Å². The number of carbonyl (C=O) groups excluding carboxylic acids is 1. The van der Waals surface area contributed by atoms with Gasteiger partial charge < -0.3 is 15.2 Å². The van der Waals surface area contributed by atoms with Gasteiger partial charge in [-0.25, -0.2) is 0 Å². The first-order chi connectivity index (χ1) is 9.99. The normalized spacial score (nSPS) is 15.3. The average molecular weight is 293 g/mol. The van der Waals surface area contributed by atoms with E-state index in [1.807, 2.05) is 37.3 Å². The number of hydrogen-bond acceptors (Lipinski definition) is 4. The standard InChI is InChI=1S/C17H27NO3/c1-5-14(6-2)16(13(4)20-17(19)12(3)18)21-15-10-8-7-9-11-15/h7-14,16H,5-6,18H2,1-4H3/t12-,13-,16-/m0/s1. The highest BCUT2D eigenvalue weighted by Crippen LogP contribution is 2.24. The van der Waals surface area contributed by atoms with Crippen molar-refractivity contribution >= 4 is 5.97 Å². The van der Waals surface area contributed by atoms with Gasteiger partial charge in [0.2, 0.25) is 0 Å². The van der Waals surface area contributed by atoms with E-state index < -0.39 is 12.0 Å². The van der Waals surface area contributed by atoms with E-state index in [2.05, 4.69) is 13.8 Å². The molecule has 0 aromatic heterocycles. The Kier molecular flexibility index (Phi) is 7.23. The molecular formula is C17H27NO3. The van der Waals surface area contributed by atoms with Crippen LogP contribution in [0.3, 0.4) is 0 Å². The lowest BCUT2D eigenvalue weighted by Gasteiger charge is -2.31. The van der Waals surface area contributed by atoms with Gasteiger partial charge in [-0.2, -0.15) is 0 Å². The zero-order chi connectivity index (χ0) is 15.8. The van der Waals surface area contributed by atoms with E-state index >= 15 is 0 Å². The van der Waals surface area contributed by atoms with Crippen molar-refractivity contribution in [3.8, 4) is 5.75 Å². The van der Waals surface area contributed by atoms with Crippen LogP contribution in [0.15, 0.2) is 30.3 Å². The smallest absolute Gasteiger partial charge is 0.323 e. The van der Waals surface area contributed by atoms with Crippen LogP contribution in [0.4, 0.5) is 0 Å². The second-order valence-electron chi connectivity index (χ2n) is 5.40. The van der Waals surface area contributed by atoms with Gasteiger partial charge >= 0.3 is 5.97 Å². The summed E-state index contributed by atoms with van der Waals surface area (Å²) in [6, 6.07) is 9.01. The molecule has 0 amide bonds. The van der Waals surface area contributed by atoms with Gasteiger partial charge in [-0.1, -0.05) is 32.0 Å². The summed E-state index contributed by atoms with van der Waals surface area (Å²) < 4.78 is 11.5. The highest BCUT2D eigenvalue weighted by Gasteiger charge is 2.30. The van der Waals surface area contributed by atoms with Crippen LogP contribution in [0.2, 0.25) is 0 Å². The van der Waals surface area contributed by atoms with Crippen molar-refractivity contribution in [3.63, 3.8) is 0 Å². The van der Waals surface area contributed by atoms with Crippen LogP contribution in [0, 0.1) is 5.92 Å². The summed E-state index contributed by atoms with van der Waals surface area (Å²) in [6.45, 7) is 7.73. The molecule has 0 radical (unpaired) electrons. The Balaban J connectivity index is 2.83. The van der Waals surface area contributed by atoms with Gasteiger partial charge in [0, 0.05) is 0 Å². The summed E-state index contributed by atoms with van der Waals surface area (Å²) in [7, 11) is 0. The Morgan fingerprint density at radius 1 is 1.14 bits per heavy atom. The molecule has 4 heteroatoms. The first-order valence-corrected chi connectivity index (χ1v) is 7.67. The van der Waals surface area contributed by atoms with Gasteiger partial charge in [0.25, 0.3) is 0 Å². The number of ether oxygens (including phenoxy) is 2. The number of nitrogens with two attached hydrogens (primary N) is 1. The zero-order valence-electron chi connectivity index (χ0n) is 13.4. The Morgan fingerprint density at radius 3 is 2.19 bits per heavy atom. The lowest BCUT2D eigenvalue weighted by atomic mass is 9.93. The first kappa shape index (κ1) is 17.5. The fraction of sp³-hybridized carbons (Fsp3) is 0.588. The summed E-state index contributed by atoms with van der Waals surface area (Å²) in [5.41, 5.74) is 5.56. The van der Waals surface area contributed by atoms with Gasteiger partial charge in [0.05, 0.1) is 0 Å². The summed E-state index contributed by atoms with van der Waals surface area (Å²) in [5.74, 6) is 0.717. The van der Waals surface area contributed by atoms with Crippen molar-refractivity contribution < 1.29 is 14.3 Å². The van der Waals surface area contributed by atoms with E-state index in [1.54, 1.807) is 6.92 Å². The van der Waals surface area contributed by atoms with E-state index in [0.717, 1.165) is 18.6 Å². The Labute approximate surface area is 127 Å². The number of rotatable bonds is 8. The molecule has 1 aromatic rings. The van der Waals surface area contributed by atoms with Gasteiger partial charge in [-0.3, -0.25) is 4.79 Å². The van der Waals surface area contributed by atoms with E-state index in [-0.39, 0.29) is 12.2 Å². The van der Waals surface area contributed by atoms with Gasteiger partial charge in [-0.15, -0.1) is 0 Å². The van der Waals surface area contributed by atoms with Crippen LogP contribution in [0.25, 0.3) is 0 Å². The number of benzene rings is 1. The van der Waals surface area contributed by atoms with Gasteiger partial charge in [0.15, 0.2) is 0 Å². The minimum Gasteiger partial charge on any atom is -0.486 e. The van der Waals surface area contributed by atoms with Crippen LogP contribution in [0.5, 0.6) is 5.75 Å². The second-order valence-corrected chi connectivity index (χ2v) is 5.40. The minimum atomic E-state index is -0.619. The van der Waals surface area contributed by atoms with Crippen LogP contribution in [-0.4, -0.2) is 24.2 Å². The Morgan fingerprint density at radius 2 is 1.71 bits per heavy atom. The summed E-state index contributed by atoms with van der Waals surface area (Å²) >= 11 is 0. The molecule has 2 N–H and O–H groups in total. The monoisotopic (exact) mass is 293 g/mol.